The molecule has 168 valence electrons. The molecule has 0 bridgehead atoms. The summed E-state index contributed by atoms with van der Waals surface area (Å²) >= 11 is 5.75. The van der Waals surface area contributed by atoms with Crippen LogP contribution in [0.2, 0.25) is 5.02 Å². The van der Waals surface area contributed by atoms with Crippen molar-refractivity contribution < 1.29 is 28.0 Å². The summed E-state index contributed by atoms with van der Waals surface area (Å²) in [6.07, 6.45) is 4.21. The van der Waals surface area contributed by atoms with Gasteiger partial charge in [-0.25, -0.2) is 0 Å². The molecule has 0 radical (unpaired) electrons. The van der Waals surface area contributed by atoms with E-state index in [-0.39, 0.29) is 42.8 Å². The van der Waals surface area contributed by atoms with Crippen molar-refractivity contribution in [1.29, 1.82) is 0 Å². The number of alkyl halides is 2. The van der Waals surface area contributed by atoms with E-state index in [1.165, 1.54) is 17.0 Å². The number of rotatable bonds is 5. The number of nitrogens with zero attached hydrogens (tertiary/aromatic N) is 1. The average molecular weight is 464 g/mol. The molecule has 2 N–H and O–H groups in total. The maximum absolute atomic E-state index is 14.5. The first-order valence-corrected chi connectivity index (χ1v) is 10.5. The van der Waals surface area contributed by atoms with E-state index >= 15 is 0 Å². The van der Waals surface area contributed by atoms with E-state index in [2.05, 4.69) is 10.6 Å². The Labute approximate surface area is 187 Å². The number of fused-ring (bicyclic) bond motifs is 1. The van der Waals surface area contributed by atoms with Crippen LogP contribution in [0.5, 0.6) is 0 Å². The molecule has 7 nitrogen and oxygen atoms in total. The van der Waals surface area contributed by atoms with E-state index in [4.69, 9.17) is 11.6 Å². The van der Waals surface area contributed by atoms with Crippen molar-refractivity contribution in [1.82, 2.24) is 15.5 Å². The highest BCUT2D eigenvalue weighted by molar-refractivity contribution is 6.30. The van der Waals surface area contributed by atoms with Crippen LogP contribution in [-0.2, 0) is 25.1 Å². The summed E-state index contributed by atoms with van der Waals surface area (Å²) in [6.45, 7) is 0.0948. The zero-order chi connectivity index (χ0) is 23.0. The Bertz CT molecular complexity index is 1070. The van der Waals surface area contributed by atoms with Crippen molar-refractivity contribution in [3.05, 3.63) is 58.1 Å². The van der Waals surface area contributed by atoms with Crippen molar-refractivity contribution >= 4 is 35.2 Å². The van der Waals surface area contributed by atoms with E-state index in [0.717, 1.165) is 17.7 Å². The number of benzene rings is 1. The molecule has 10 heteroatoms. The molecule has 4 rings (SSSR count). The van der Waals surface area contributed by atoms with Crippen LogP contribution in [0, 0.1) is 5.92 Å². The van der Waals surface area contributed by atoms with Gasteiger partial charge in [0.1, 0.15) is 6.04 Å². The van der Waals surface area contributed by atoms with Gasteiger partial charge in [0.05, 0.1) is 5.92 Å². The molecule has 2 fully saturated rings. The minimum Gasteiger partial charge on any atom is -0.346 e. The summed E-state index contributed by atoms with van der Waals surface area (Å²) < 4.78 is 28.9. The lowest BCUT2D eigenvalue weighted by Crippen LogP contribution is -2.53. The fourth-order valence-electron chi connectivity index (χ4n) is 4.18. The first kappa shape index (κ1) is 22.1. The first-order chi connectivity index (χ1) is 15.2. The molecule has 1 aromatic carbocycles. The fourth-order valence-corrected chi connectivity index (χ4v) is 4.37. The second-order valence-electron chi connectivity index (χ2n) is 7.99. The lowest BCUT2D eigenvalue weighted by atomic mass is 9.90. The van der Waals surface area contributed by atoms with Crippen molar-refractivity contribution in [2.75, 3.05) is 13.1 Å². The van der Waals surface area contributed by atoms with E-state index in [1.54, 1.807) is 12.2 Å². The smallest absolute Gasteiger partial charge is 0.346 e. The Morgan fingerprint density at radius 1 is 1.28 bits per heavy atom. The standard InChI is InChI=1S/C22H20ClF2N3O4/c23-15-3-1-2-14(9-15)22(24,25)21(32)26-10-12-4-5-16-13(8-12)11-28(20(16)31)17-6-7-18(29)27-19(17)30/h1-4,8-9,16-17H,5-7,10-11H2,(H,26,32)(H,27,29,30). The molecule has 1 aliphatic carbocycles. The molecule has 2 heterocycles. The molecule has 2 atom stereocenters. The highest BCUT2D eigenvalue weighted by Crippen LogP contribution is 2.35. The van der Waals surface area contributed by atoms with Gasteiger partial charge in [0.15, 0.2) is 0 Å². The third-order valence-corrected chi connectivity index (χ3v) is 6.12. The normalized spacial score (nSPS) is 23.3. The van der Waals surface area contributed by atoms with Crippen molar-refractivity contribution in [2.45, 2.75) is 31.2 Å². The van der Waals surface area contributed by atoms with Crippen LogP contribution < -0.4 is 10.6 Å². The van der Waals surface area contributed by atoms with Crippen LogP contribution in [0.1, 0.15) is 24.8 Å². The minimum atomic E-state index is -3.75. The predicted octanol–water partition coefficient (Wildman–Crippen LogP) is 2.07. The van der Waals surface area contributed by atoms with Crippen LogP contribution in [0.4, 0.5) is 8.78 Å². The van der Waals surface area contributed by atoms with Crippen LogP contribution in [0.25, 0.3) is 0 Å². The van der Waals surface area contributed by atoms with Gasteiger partial charge in [-0.3, -0.25) is 24.5 Å². The van der Waals surface area contributed by atoms with Gasteiger partial charge in [-0.2, -0.15) is 8.78 Å². The molecule has 2 aliphatic heterocycles. The Balaban J connectivity index is 1.40. The van der Waals surface area contributed by atoms with Crippen LogP contribution >= 0.6 is 11.6 Å². The van der Waals surface area contributed by atoms with Crippen LogP contribution in [0.3, 0.4) is 0 Å². The van der Waals surface area contributed by atoms with Gasteiger partial charge in [-0.15, -0.1) is 0 Å². The lowest BCUT2D eigenvalue weighted by molar-refractivity contribution is -0.146. The summed E-state index contributed by atoms with van der Waals surface area (Å²) in [5.41, 5.74) is 0.859. The van der Waals surface area contributed by atoms with Gasteiger partial charge in [0.25, 0.3) is 5.91 Å². The highest BCUT2D eigenvalue weighted by Gasteiger charge is 2.44. The van der Waals surface area contributed by atoms with Gasteiger partial charge in [-0.05, 0) is 36.1 Å². The second kappa shape index (κ2) is 8.46. The first-order valence-electron chi connectivity index (χ1n) is 10.1. The lowest BCUT2D eigenvalue weighted by Gasteiger charge is -2.29. The number of amides is 4. The van der Waals surface area contributed by atoms with E-state index in [1.807, 2.05) is 0 Å². The molecule has 2 unspecified atom stereocenters. The number of carbonyl (C=O) groups excluding carboxylic acids is 4. The van der Waals surface area contributed by atoms with Gasteiger partial charge in [0.2, 0.25) is 17.7 Å². The number of likely N-dealkylation sites (tertiary alicyclic amines) is 1. The molecular formula is C22H20ClF2N3O4. The average Bonchev–Trinajstić information content (AvgIpc) is 3.07. The molecular weight excluding hydrogens is 444 g/mol. The molecule has 2 saturated heterocycles. The zero-order valence-corrected chi connectivity index (χ0v) is 17.6. The van der Waals surface area contributed by atoms with Crippen molar-refractivity contribution in [3.8, 4) is 0 Å². The monoisotopic (exact) mass is 463 g/mol. The summed E-state index contributed by atoms with van der Waals surface area (Å²) in [7, 11) is 0. The number of imide groups is 1. The van der Waals surface area contributed by atoms with Gasteiger partial charge >= 0.3 is 5.92 Å². The Hall–Kier alpha value is -3.07. The van der Waals surface area contributed by atoms with Crippen LogP contribution in [-0.4, -0.2) is 47.7 Å². The van der Waals surface area contributed by atoms with E-state index in [9.17, 15) is 28.0 Å². The number of carbonyl (C=O) groups is 4. The second-order valence-corrected chi connectivity index (χ2v) is 8.42. The third-order valence-electron chi connectivity index (χ3n) is 5.88. The maximum Gasteiger partial charge on any atom is 0.349 e. The molecule has 3 aliphatic rings. The molecule has 1 aromatic rings. The number of allylic oxidation sites excluding steroid dienone is 1. The highest BCUT2D eigenvalue weighted by atomic mass is 35.5. The Kier molecular flexibility index (Phi) is 5.85. The quantitative estimate of drug-likeness (QED) is 0.653. The SMILES string of the molecule is O=C1CCC(N2CC3=CC(CNC(=O)C(F)(F)c4cccc(Cl)c4)=CCC3C2=O)C(=O)N1. The summed E-state index contributed by atoms with van der Waals surface area (Å²) in [4.78, 5) is 49.9. The summed E-state index contributed by atoms with van der Waals surface area (Å²) in [5.74, 6) is -6.66. The maximum atomic E-state index is 14.5. The van der Waals surface area contributed by atoms with Crippen molar-refractivity contribution in [2.24, 2.45) is 5.92 Å². The minimum absolute atomic E-state index is 0.104. The fraction of sp³-hybridized carbons (Fsp3) is 0.364. The number of piperidine rings is 1. The molecule has 0 spiro atoms. The molecule has 32 heavy (non-hydrogen) atoms. The molecule has 0 aromatic heterocycles. The Morgan fingerprint density at radius 2 is 2.06 bits per heavy atom. The van der Waals surface area contributed by atoms with Crippen molar-refractivity contribution in [3.63, 3.8) is 0 Å². The third kappa shape index (κ3) is 4.17. The number of hydrogen-bond acceptors (Lipinski definition) is 4. The predicted molar refractivity (Wildman–Crippen MR) is 111 cm³/mol. The number of nitrogens with one attached hydrogen (secondary N) is 2. The van der Waals surface area contributed by atoms with E-state index in [0.29, 0.717) is 12.0 Å². The zero-order valence-electron chi connectivity index (χ0n) is 16.9. The summed E-state index contributed by atoms with van der Waals surface area (Å²) in [6, 6.07) is 4.26. The topological polar surface area (TPSA) is 95.6 Å². The largest absolute Gasteiger partial charge is 0.349 e. The van der Waals surface area contributed by atoms with Crippen LogP contribution in [0.15, 0.2) is 47.6 Å². The number of hydrogen-bond donors (Lipinski definition) is 2. The van der Waals surface area contributed by atoms with Gasteiger partial charge in [0, 0.05) is 30.1 Å². The van der Waals surface area contributed by atoms with Gasteiger partial charge in [-0.1, -0.05) is 35.9 Å². The number of halogens is 3. The summed E-state index contributed by atoms with van der Waals surface area (Å²) in [5, 5.41) is 4.60. The Morgan fingerprint density at radius 3 is 2.78 bits per heavy atom. The van der Waals surface area contributed by atoms with Gasteiger partial charge < -0.3 is 10.2 Å². The van der Waals surface area contributed by atoms with E-state index < -0.39 is 35.3 Å². The molecule has 0 saturated carbocycles. The molecule has 4 amide bonds.